The number of H-pyrrole nitrogens is 1. The quantitative estimate of drug-likeness (QED) is 0.339. The zero-order valence-corrected chi connectivity index (χ0v) is 19.0. The molecule has 1 saturated carbocycles. The van der Waals surface area contributed by atoms with Crippen LogP contribution in [0, 0.1) is 5.95 Å². The van der Waals surface area contributed by atoms with E-state index >= 15 is 0 Å². The van der Waals surface area contributed by atoms with Crippen molar-refractivity contribution < 1.29 is 14.0 Å². The molecule has 35 heavy (non-hydrogen) atoms. The van der Waals surface area contributed by atoms with Crippen LogP contribution >= 0.6 is 0 Å². The van der Waals surface area contributed by atoms with Gasteiger partial charge in [0.25, 0.3) is 5.91 Å². The maximum atomic E-state index is 13.9. The number of rotatable bonds is 9. The molecule has 0 bridgehead atoms. The van der Waals surface area contributed by atoms with E-state index in [1.165, 1.54) is 6.20 Å². The van der Waals surface area contributed by atoms with Crippen LogP contribution in [0.5, 0.6) is 0 Å². The Kier molecular flexibility index (Phi) is 6.38. The van der Waals surface area contributed by atoms with E-state index in [2.05, 4.69) is 25.8 Å². The van der Waals surface area contributed by atoms with E-state index in [9.17, 15) is 14.0 Å². The average molecular weight is 473 g/mol. The van der Waals surface area contributed by atoms with Crippen LogP contribution in [-0.4, -0.2) is 37.6 Å². The van der Waals surface area contributed by atoms with Crippen LogP contribution in [0.15, 0.2) is 67.0 Å². The lowest BCUT2D eigenvalue weighted by molar-refractivity contribution is -0.121. The molecule has 0 atom stereocenters. The molecule has 0 radical (unpaired) electrons. The minimum absolute atomic E-state index is 0.0671. The van der Waals surface area contributed by atoms with Crippen molar-refractivity contribution in [3.8, 4) is 16.8 Å². The van der Waals surface area contributed by atoms with Gasteiger partial charge in [0.1, 0.15) is 0 Å². The summed E-state index contributed by atoms with van der Waals surface area (Å²) in [6.45, 7) is 0. The van der Waals surface area contributed by atoms with E-state index in [0.717, 1.165) is 24.2 Å². The lowest BCUT2D eigenvalue weighted by Crippen LogP contribution is -2.25. The summed E-state index contributed by atoms with van der Waals surface area (Å²) in [7, 11) is 0. The minimum Gasteiger partial charge on any atom is -0.353 e. The van der Waals surface area contributed by atoms with Gasteiger partial charge in [0.2, 0.25) is 17.8 Å². The number of aromatic nitrogens is 4. The van der Waals surface area contributed by atoms with Crippen molar-refractivity contribution in [2.45, 2.75) is 38.1 Å². The number of carbonyl (C=O) groups excluding carboxylic acids is 2. The molecule has 0 spiro atoms. The number of aromatic amines is 1. The Morgan fingerprint density at radius 2 is 1.94 bits per heavy atom. The number of imidazole rings is 1. The third-order valence-corrected chi connectivity index (χ3v) is 5.82. The van der Waals surface area contributed by atoms with Gasteiger partial charge < -0.3 is 5.32 Å². The molecule has 0 aliphatic heterocycles. The molecule has 1 aliphatic rings. The van der Waals surface area contributed by atoms with Gasteiger partial charge in [-0.2, -0.15) is 9.49 Å². The van der Waals surface area contributed by atoms with E-state index in [4.69, 9.17) is 0 Å². The molecule has 9 heteroatoms. The molecule has 2 amide bonds. The summed E-state index contributed by atoms with van der Waals surface area (Å²) in [5, 5.41) is 11.8. The lowest BCUT2D eigenvalue weighted by Gasteiger charge is -2.09. The van der Waals surface area contributed by atoms with Crippen LogP contribution in [0.4, 0.5) is 10.3 Å². The van der Waals surface area contributed by atoms with Gasteiger partial charge in [0.15, 0.2) is 0 Å². The van der Waals surface area contributed by atoms with Crippen LogP contribution in [0.25, 0.3) is 16.8 Å². The van der Waals surface area contributed by atoms with Crippen molar-refractivity contribution in [2.75, 3.05) is 5.32 Å². The number of hydrogen-bond acceptors (Lipinski definition) is 4. The number of para-hydroxylation sites is 1. The topological polar surface area (TPSA) is 105 Å². The van der Waals surface area contributed by atoms with Crippen LogP contribution in [0.3, 0.4) is 0 Å². The van der Waals surface area contributed by atoms with E-state index in [0.29, 0.717) is 47.9 Å². The standard InChI is InChI=1S/C26H25FN6O2/c27-24-22(15-28-32-24)17-6-4-7-18(14-17)25(35)31-26-30-20(8-5-11-23(34)29-19-12-13-19)16-33(26)21-9-2-1-3-10-21/h1-4,6-7,9-10,14-16,19H,5,8,11-13H2,(H,28,32)(H,29,34)(H,30,31,35). The highest BCUT2D eigenvalue weighted by Crippen LogP contribution is 2.24. The van der Waals surface area contributed by atoms with E-state index < -0.39 is 5.95 Å². The number of carbonyl (C=O) groups is 2. The predicted molar refractivity (Wildman–Crippen MR) is 130 cm³/mol. The van der Waals surface area contributed by atoms with Crippen molar-refractivity contribution in [1.82, 2.24) is 25.1 Å². The van der Waals surface area contributed by atoms with Crippen molar-refractivity contribution in [1.29, 1.82) is 0 Å². The number of nitrogens with one attached hydrogen (secondary N) is 3. The molecule has 5 rings (SSSR count). The molecule has 1 aliphatic carbocycles. The monoisotopic (exact) mass is 472 g/mol. The zero-order valence-electron chi connectivity index (χ0n) is 19.0. The van der Waals surface area contributed by atoms with Crippen molar-refractivity contribution >= 4 is 17.8 Å². The Morgan fingerprint density at radius 1 is 1.11 bits per heavy atom. The highest BCUT2D eigenvalue weighted by Gasteiger charge is 2.23. The molecule has 0 unspecified atom stereocenters. The first-order valence-electron chi connectivity index (χ1n) is 11.6. The molecule has 2 heterocycles. The summed E-state index contributed by atoms with van der Waals surface area (Å²) in [6.07, 6.45) is 7.10. The second-order valence-electron chi connectivity index (χ2n) is 8.59. The zero-order chi connectivity index (χ0) is 24.2. The molecule has 1 fully saturated rings. The van der Waals surface area contributed by atoms with Gasteiger partial charge in [-0.1, -0.05) is 30.3 Å². The van der Waals surface area contributed by atoms with Gasteiger partial charge in [0.05, 0.1) is 17.5 Å². The van der Waals surface area contributed by atoms with Gasteiger partial charge in [-0.15, -0.1) is 0 Å². The summed E-state index contributed by atoms with van der Waals surface area (Å²) in [4.78, 5) is 29.7. The van der Waals surface area contributed by atoms with Gasteiger partial charge >= 0.3 is 0 Å². The number of halogens is 1. The second-order valence-corrected chi connectivity index (χ2v) is 8.59. The summed E-state index contributed by atoms with van der Waals surface area (Å²) in [6, 6.07) is 16.6. The molecule has 0 saturated heterocycles. The number of aryl methyl sites for hydroxylation is 1. The smallest absolute Gasteiger partial charge is 0.258 e. The van der Waals surface area contributed by atoms with Crippen LogP contribution in [-0.2, 0) is 11.2 Å². The van der Waals surface area contributed by atoms with Crippen LogP contribution in [0.1, 0.15) is 41.7 Å². The molecule has 8 nitrogen and oxygen atoms in total. The summed E-state index contributed by atoms with van der Waals surface area (Å²) >= 11 is 0. The largest absolute Gasteiger partial charge is 0.353 e. The normalized spacial score (nSPS) is 12.9. The Labute approximate surface area is 201 Å². The summed E-state index contributed by atoms with van der Waals surface area (Å²) < 4.78 is 15.7. The molecular formula is C26H25FN6O2. The van der Waals surface area contributed by atoms with Crippen LogP contribution in [0.2, 0.25) is 0 Å². The summed E-state index contributed by atoms with van der Waals surface area (Å²) in [5.74, 6) is -0.484. The molecule has 2 aromatic carbocycles. The fraction of sp³-hybridized carbons (Fsp3) is 0.231. The van der Waals surface area contributed by atoms with E-state index in [1.54, 1.807) is 24.3 Å². The Hall–Kier alpha value is -4.27. The molecule has 3 N–H and O–H groups in total. The molecule has 4 aromatic rings. The van der Waals surface area contributed by atoms with Gasteiger partial charge in [0, 0.05) is 29.9 Å². The Morgan fingerprint density at radius 3 is 2.69 bits per heavy atom. The molecule has 178 valence electrons. The Balaban J connectivity index is 1.33. The van der Waals surface area contributed by atoms with E-state index in [1.807, 2.05) is 41.1 Å². The van der Waals surface area contributed by atoms with Gasteiger partial charge in [-0.05, 0) is 55.5 Å². The van der Waals surface area contributed by atoms with Crippen LogP contribution < -0.4 is 10.6 Å². The SMILES string of the molecule is O=C(CCCc1cn(-c2ccccc2)c(NC(=O)c2cccc(-c3cn[nH]c3F)c2)n1)NC1CC1. The fourth-order valence-corrected chi connectivity index (χ4v) is 3.85. The first kappa shape index (κ1) is 22.5. The molecular weight excluding hydrogens is 447 g/mol. The third-order valence-electron chi connectivity index (χ3n) is 5.82. The summed E-state index contributed by atoms with van der Waals surface area (Å²) in [5.41, 5.74) is 2.82. The lowest BCUT2D eigenvalue weighted by atomic mass is 10.1. The number of anilines is 1. The van der Waals surface area contributed by atoms with Crippen molar-refractivity contribution in [2.24, 2.45) is 0 Å². The van der Waals surface area contributed by atoms with E-state index in [-0.39, 0.29) is 11.8 Å². The maximum Gasteiger partial charge on any atom is 0.258 e. The number of nitrogens with zero attached hydrogens (tertiary/aromatic N) is 3. The average Bonchev–Trinajstić information content (AvgIpc) is 3.43. The maximum absolute atomic E-state index is 13.9. The first-order valence-corrected chi connectivity index (χ1v) is 11.6. The highest BCUT2D eigenvalue weighted by molar-refractivity contribution is 6.04. The number of hydrogen-bond donors (Lipinski definition) is 3. The predicted octanol–water partition coefficient (Wildman–Crippen LogP) is 4.26. The fourth-order valence-electron chi connectivity index (χ4n) is 3.85. The third kappa shape index (κ3) is 5.46. The molecule has 2 aromatic heterocycles. The number of amides is 2. The van der Waals surface area contributed by atoms with Gasteiger partial charge in [-0.25, -0.2) is 4.98 Å². The van der Waals surface area contributed by atoms with Crippen molar-refractivity contribution in [3.05, 3.63) is 84.2 Å². The van der Waals surface area contributed by atoms with Crippen molar-refractivity contribution in [3.63, 3.8) is 0 Å². The second kappa shape index (κ2) is 9.92. The van der Waals surface area contributed by atoms with Gasteiger partial charge in [-0.3, -0.25) is 24.6 Å². The number of benzene rings is 2. The highest BCUT2D eigenvalue weighted by atomic mass is 19.1. The minimum atomic E-state index is -0.558. The first-order chi connectivity index (χ1) is 17.1. The Bertz CT molecular complexity index is 1340.